The third kappa shape index (κ3) is 2.07. The molecular formula is C14H13FIN3O. The van der Waals surface area contributed by atoms with Gasteiger partial charge in [0.25, 0.3) is 0 Å². The normalized spacial score (nSPS) is 13.0. The summed E-state index contributed by atoms with van der Waals surface area (Å²) in [6.45, 7) is 3.83. The van der Waals surface area contributed by atoms with Gasteiger partial charge in [-0.2, -0.15) is 0 Å². The first-order chi connectivity index (χ1) is 9.47. The molecule has 20 heavy (non-hydrogen) atoms. The molecule has 1 aromatic carbocycles. The van der Waals surface area contributed by atoms with E-state index in [1.807, 2.05) is 48.6 Å². The lowest BCUT2D eigenvalue weighted by molar-refractivity contribution is 0.435. The lowest BCUT2D eigenvalue weighted by atomic mass is 10.2. The molecule has 0 aliphatic carbocycles. The molecule has 1 unspecified atom stereocenters. The highest BCUT2D eigenvalue weighted by molar-refractivity contribution is 14.1. The standard InChI is InChI=1S/C14H13FIN3O/c1-7-3-4-13(20-7)8(2)19-12-5-9(15)10(16)6-11(12)18-14(19)17/h3-6,8H,1-2H3,(H2,17,18). The number of benzene rings is 1. The number of nitrogens with zero attached hydrogens (tertiary/aromatic N) is 2. The van der Waals surface area contributed by atoms with Gasteiger partial charge in [0.1, 0.15) is 17.3 Å². The Morgan fingerprint density at radius 2 is 2.15 bits per heavy atom. The van der Waals surface area contributed by atoms with E-state index in [1.165, 1.54) is 6.07 Å². The number of halogens is 2. The van der Waals surface area contributed by atoms with Gasteiger partial charge in [0.15, 0.2) is 0 Å². The van der Waals surface area contributed by atoms with E-state index >= 15 is 0 Å². The van der Waals surface area contributed by atoms with Gasteiger partial charge in [0.2, 0.25) is 5.95 Å². The second kappa shape index (κ2) is 4.76. The zero-order valence-corrected chi connectivity index (χ0v) is 13.2. The van der Waals surface area contributed by atoms with Gasteiger partial charge < -0.3 is 10.2 Å². The highest BCUT2D eigenvalue weighted by Gasteiger charge is 2.19. The molecule has 0 radical (unpaired) electrons. The molecule has 2 heterocycles. The number of hydrogen-bond acceptors (Lipinski definition) is 3. The van der Waals surface area contributed by atoms with Gasteiger partial charge in [0.05, 0.1) is 20.6 Å². The maximum absolute atomic E-state index is 13.8. The number of imidazole rings is 1. The topological polar surface area (TPSA) is 57.0 Å². The Labute approximate surface area is 128 Å². The second-order valence-corrected chi connectivity index (χ2v) is 5.88. The molecule has 0 aliphatic heterocycles. The Morgan fingerprint density at radius 1 is 1.40 bits per heavy atom. The first-order valence-corrected chi connectivity index (χ1v) is 7.24. The van der Waals surface area contributed by atoms with E-state index in [2.05, 4.69) is 4.98 Å². The number of fused-ring (bicyclic) bond motifs is 1. The Balaban J connectivity index is 2.20. The maximum Gasteiger partial charge on any atom is 0.201 e. The van der Waals surface area contributed by atoms with Crippen LogP contribution >= 0.6 is 22.6 Å². The van der Waals surface area contributed by atoms with Crippen LogP contribution in [0.15, 0.2) is 28.7 Å². The van der Waals surface area contributed by atoms with Crippen LogP contribution in [-0.2, 0) is 0 Å². The molecule has 0 aliphatic rings. The molecule has 2 N–H and O–H groups in total. The van der Waals surface area contributed by atoms with Crippen molar-refractivity contribution >= 4 is 39.6 Å². The van der Waals surface area contributed by atoms with Crippen molar-refractivity contribution in [2.45, 2.75) is 19.9 Å². The average molecular weight is 385 g/mol. The molecule has 3 aromatic rings. The van der Waals surface area contributed by atoms with Crippen molar-refractivity contribution in [3.8, 4) is 0 Å². The van der Waals surface area contributed by atoms with E-state index in [1.54, 1.807) is 10.6 Å². The summed E-state index contributed by atoms with van der Waals surface area (Å²) in [5.74, 6) is 1.67. The predicted molar refractivity (Wildman–Crippen MR) is 84.1 cm³/mol. The summed E-state index contributed by atoms with van der Waals surface area (Å²) < 4.78 is 21.7. The van der Waals surface area contributed by atoms with E-state index in [9.17, 15) is 4.39 Å². The Morgan fingerprint density at radius 3 is 2.80 bits per heavy atom. The van der Waals surface area contributed by atoms with Crippen LogP contribution in [-0.4, -0.2) is 9.55 Å². The summed E-state index contributed by atoms with van der Waals surface area (Å²) >= 11 is 1.94. The number of aryl methyl sites for hydroxylation is 1. The SMILES string of the molecule is Cc1ccc(C(C)n2c(N)nc3cc(I)c(F)cc32)o1. The van der Waals surface area contributed by atoms with Crippen molar-refractivity contribution in [2.24, 2.45) is 0 Å². The second-order valence-electron chi connectivity index (χ2n) is 4.72. The van der Waals surface area contributed by atoms with E-state index in [0.29, 0.717) is 20.6 Å². The highest BCUT2D eigenvalue weighted by Crippen LogP contribution is 2.30. The molecule has 0 saturated heterocycles. The van der Waals surface area contributed by atoms with Crippen molar-refractivity contribution in [2.75, 3.05) is 5.73 Å². The molecule has 0 amide bonds. The lowest BCUT2D eigenvalue weighted by Crippen LogP contribution is -2.09. The van der Waals surface area contributed by atoms with Crippen LogP contribution in [0.2, 0.25) is 0 Å². The molecule has 0 saturated carbocycles. The van der Waals surface area contributed by atoms with Crippen LogP contribution in [0.25, 0.3) is 11.0 Å². The van der Waals surface area contributed by atoms with Crippen molar-refractivity contribution in [1.29, 1.82) is 0 Å². The minimum atomic E-state index is -0.276. The summed E-state index contributed by atoms with van der Waals surface area (Å²) in [5.41, 5.74) is 7.34. The number of aromatic nitrogens is 2. The largest absolute Gasteiger partial charge is 0.464 e. The van der Waals surface area contributed by atoms with Gasteiger partial charge >= 0.3 is 0 Å². The third-order valence-electron chi connectivity index (χ3n) is 3.32. The minimum absolute atomic E-state index is 0.145. The van der Waals surface area contributed by atoms with E-state index in [0.717, 1.165) is 11.5 Å². The molecule has 3 rings (SSSR count). The molecule has 104 valence electrons. The average Bonchev–Trinajstić information content (AvgIpc) is 2.93. The molecule has 4 nitrogen and oxygen atoms in total. The van der Waals surface area contributed by atoms with Gasteiger partial charge in [-0.3, -0.25) is 4.57 Å². The summed E-state index contributed by atoms with van der Waals surface area (Å²) in [5, 5.41) is 0. The monoisotopic (exact) mass is 385 g/mol. The van der Waals surface area contributed by atoms with Crippen LogP contribution in [0, 0.1) is 16.3 Å². The van der Waals surface area contributed by atoms with Crippen molar-refractivity contribution < 1.29 is 8.81 Å². The van der Waals surface area contributed by atoms with Crippen LogP contribution < -0.4 is 5.73 Å². The fourth-order valence-electron chi connectivity index (χ4n) is 2.32. The van der Waals surface area contributed by atoms with Gasteiger partial charge in [-0.15, -0.1) is 0 Å². The molecular weight excluding hydrogens is 372 g/mol. The number of rotatable bonds is 2. The van der Waals surface area contributed by atoms with Crippen LogP contribution in [0.3, 0.4) is 0 Å². The predicted octanol–water partition coefficient (Wildman–Crippen LogP) is 3.87. The van der Waals surface area contributed by atoms with Gasteiger partial charge in [-0.05, 0) is 54.6 Å². The van der Waals surface area contributed by atoms with Gasteiger partial charge in [-0.1, -0.05) is 0 Å². The van der Waals surface area contributed by atoms with E-state index in [-0.39, 0.29) is 11.9 Å². The van der Waals surface area contributed by atoms with Gasteiger partial charge in [-0.25, -0.2) is 9.37 Å². The van der Waals surface area contributed by atoms with Crippen LogP contribution in [0.1, 0.15) is 24.5 Å². The fourth-order valence-corrected chi connectivity index (χ4v) is 2.77. The summed E-state index contributed by atoms with van der Waals surface area (Å²) in [7, 11) is 0. The Hall–Kier alpha value is -1.57. The molecule has 6 heteroatoms. The zero-order valence-electron chi connectivity index (χ0n) is 11.0. The fraction of sp³-hybridized carbons (Fsp3) is 0.214. The lowest BCUT2D eigenvalue weighted by Gasteiger charge is -2.13. The molecule has 0 spiro atoms. The molecule has 0 bridgehead atoms. The highest BCUT2D eigenvalue weighted by atomic mass is 127. The Bertz CT molecular complexity index is 793. The number of nitrogen functional groups attached to an aromatic ring is 1. The summed E-state index contributed by atoms with van der Waals surface area (Å²) in [6.07, 6.45) is 0. The Kier molecular flexibility index (Phi) is 3.19. The number of hydrogen-bond donors (Lipinski definition) is 1. The molecule has 1 atom stereocenters. The van der Waals surface area contributed by atoms with E-state index in [4.69, 9.17) is 10.2 Å². The number of furan rings is 1. The summed E-state index contributed by atoms with van der Waals surface area (Å²) in [4.78, 5) is 4.30. The van der Waals surface area contributed by atoms with Crippen molar-refractivity contribution in [3.63, 3.8) is 0 Å². The van der Waals surface area contributed by atoms with Crippen LogP contribution in [0.5, 0.6) is 0 Å². The molecule has 0 fully saturated rings. The summed E-state index contributed by atoms with van der Waals surface area (Å²) in [6, 6.07) is 6.80. The minimum Gasteiger partial charge on any atom is -0.464 e. The zero-order chi connectivity index (χ0) is 14.4. The third-order valence-corrected chi connectivity index (χ3v) is 4.15. The van der Waals surface area contributed by atoms with E-state index < -0.39 is 0 Å². The quantitative estimate of drug-likeness (QED) is 0.682. The first-order valence-electron chi connectivity index (χ1n) is 6.16. The first kappa shape index (κ1) is 13.4. The van der Waals surface area contributed by atoms with Crippen molar-refractivity contribution in [3.05, 3.63) is 45.2 Å². The van der Waals surface area contributed by atoms with Crippen molar-refractivity contribution in [1.82, 2.24) is 9.55 Å². The maximum atomic E-state index is 13.8. The number of nitrogens with two attached hydrogens (primary N) is 1. The van der Waals surface area contributed by atoms with Crippen LogP contribution in [0.4, 0.5) is 10.3 Å². The van der Waals surface area contributed by atoms with Gasteiger partial charge in [0, 0.05) is 6.07 Å². The number of anilines is 1. The molecule has 2 aromatic heterocycles. The smallest absolute Gasteiger partial charge is 0.201 e.